The molecule has 19 heavy (non-hydrogen) atoms. The first-order valence-electron chi connectivity index (χ1n) is 6.18. The van der Waals surface area contributed by atoms with Crippen LogP contribution < -0.4 is 0 Å². The van der Waals surface area contributed by atoms with E-state index in [-0.39, 0.29) is 10.6 Å². The molecule has 2 aromatic rings. The first kappa shape index (κ1) is 14.7. The zero-order valence-corrected chi connectivity index (χ0v) is 14.0. The van der Waals surface area contributed by atoms with Gasteiger partial charge in [0.25, 0.3) is 0 Å². The van der Waals surface area contributed by atoms with Gasteiger partial charge in [-0.2, -0.15) is 0 Å². The Morgan fingerprint density at radius 1 is 0.895 bits per heavy atom. The van der Waals surface area contributed by atoms with E-state index in [4.69, 9.17) is 0 Å². The number of hydrogen-bond acceptors (Lipinski definition) is 0. The Hall–Kier alpha value is -0.670. The Kier molecular flexibility index (Phi) is 4.80. The summed E-state index contributed by atoms with van der Waals surface area (Å²) in [5.41, 5.74) is 3.53. The van der Waals surface area contributed by atoms with Crippen molar-refractivity contribution in [3.05, 3.63) is 69.4 Å². The smallest absolute Gasteiger partial charge is 0.137 e. The molecule has 100 valence electrons. The van der Waals surface area contributed by atoms with Crippen LogP contribution in [0.5, 0.6) is 0 Å². The summed E-state index contributed by atoms with van der Waals surface area (Å²) in [6, 6.07) is 13.6. The molecule has 0 saturated heterocycles. The maximum atomic E-state index is 13.2. The Bertz CT molecular complexity index is 561. The molecule has 0 fully saturated rings. The number of hydrogen-bond donors (Lipinski definition) is 0. The van der Waals surface area contributed by atoms with Crippen molar-refractivity contribution in [2.24, 2.45) is 0 Å². The molecular formula is C16H15Br2F. The third-order valence-electron chi connectivity index (χ3n) is 3.13. The van der Waals surface area contributed by atoms with Crippen molar-refractivity contribution in [2.45, 2.75) is 24.6 Å². The molecule has 3 heteroatoms. The van der Waals surface area contributed by atoms with E-state index in [1.807, 2.05) is 6.07 Å². The second-order valence-corrected chi connectivity index (χ2v) is 6.63. The summed E-state index contributed by atoms with van der Waals surface area (Å²) >= 11 is 6.89. The van der Waals surface area contributed by atoms with Crippen molar-refractivity contribution in [1.82, 2.24) is 0 Å². The molecule has 0 aliphatic heterocycles. The molecule has 2 rings (SSSR count). The Morgan fingerprint density at radius 3 is 1.95 bits per heavy atom. The maximum absolute atomic E-state index is 13.2. The van der Waals surface area contributed by atoms with E-state index in [0.29, 0.717) is 10.4 Å². The fourth-order valence-electron chi connectivity index (χ4n) is 1.91. The van der Waals surface area contributed by atoms with Gasteiger partial charge >= 0.3 is 0 Å². The zero-order chi connectivity index (χ0) is 14.0. The second kappa shape index (κ2) is 6.19. The molecule has 0 spiro atoms. The summed E-state index contributed by atoms with van der Waals surface area (Å²) in [6.07, 6.45) is 0. The molecule has 0 N–H and O–H groups in total. The molecule has 0 aromatic heterocycles. The van der Waals surface area contributed by atoms with Gasteiger partial charge in [-0.15, -0.1) is 0 Å². The summed E-state index contributed by atoms with van der Waals surface area (Å²) in [5, 5.41) is 0. The van der Waals surface area contributed by atoms with Crippen molar-refractivity contribution < 1.29 is 4.39 Å². The van der Waals surface area contributed by atoms with E-state index < -0.39 is 0 Å². The highest BCUT2D eigenvalue weighted by Gasteiger charge is 2.12. The standard InChI is InChI=1S/C16H15Br2F/c1-10(2)11-3-5-12(6-4-11)16(18)13-7-8-15(19)14(17)9-13/h3-10,16H,1-2H3. The van der Waals surface area contributed by atoms with Crippen molar-refractivity contribution >= 4 is 31.9 Å². The van der Waals surface area contributed by atoms with Gasteiger partial charge < -0.3 is 0 Å². The minimum atomic E-state index is -0.237. The van der Waals surface area contributed by atoms with Crippen LogP contribution in [0.4, 0.5) is 4.39 Å². The van der Waals surface area contributed by atoms with Gasteiger partial charge in [0.05, 0.1) is 9.30 Å². The normalized spacial score (nSPS) is 12.7. The van der Waals surface area contributed by atoms with Gasteiger partial charge in [0, 0.05) is 0 Å². The molecule has 0 bridgehead atoms. The predicted molar refractivity (Wildman–Crippen MR) is 85.4 cm³/mol. The number of benzene rings is 2. The van der Waals surface area contributed by atoms with Gasteiger partial charge in [0.2, 0.25) is 0 Å². The molecule has 0 aliphatic rings. The fourth-order valence-corrected chi connectivity index (χ4v) is 2.90. The van der Waals surface area contributed by atoms with E-state index in [0.717, 1.165) is 5.56 Å². The minimum Gasteiger partial charge on any atom is -0.206 e. The van der Waals surface area contributed by atoms with Gasteiger partial charge in [-0.3, -0.25) is 0 Å². The van der Waals surface area contributed by atoms with Crippen molar-refractivity contribution in [2.75, 3.05) is 0 Å². The van der Waals surface area contributed by atoms with E-state index in [1.165, 1.54) is 17.2 Å². The van der Waals surface area contributed by atoms with Crippen molar-refractivity contribution in [3.63, 3.8) is 0 Å². The monoisotopic (exact) mass is 384 g/mol. The number of halogens is 3. The van der Waals surface area contributed by atoms with Crippen LogP contribution in [0.15, 0.2) is 46.9 Å². The Labute approximate surface area is 130 Å². The third kappa shape index (κ3) is 3.46. The van der Waals surface area contributed by atoms with Crippen LogP contribution in [0.25, 0.3) is 0 Å². The summed E-state index contributed by atoms with van der Waals surface area (Å²) in [6.45, 7) is 4.36. The first-order chi connectivity index (χ1) is 8.99. The van der Waals surface area contributed by atoms with E-state index in [1.54, 1.807) is 6.07 Å². The summed E-state index contributed by atoms with van der Waals surface area (Å²) in [7, 11) is 0. The van der Waals surface area contributed by atoms with Crippen LogP contribution in [-0.4, -0.2) is 0 Å². The molecule has 0 aliphatic carbocycles. The fraction of sp³-hybridized carbons (Fsp3) is 0.250. The van der Waals surface area contributed by atoms with Crippen LogP contribution >= 0.6 is 31.9 Å². The number of alkyl halides is 1. The highest BCUT2D eigenvalue weighted by Crippen LogP contribution is 2.33. The highest BCUT2D eigenvalue weighted by molar-refractivity contribution is 9.10. The van der Waals surface area contributed by atoms with Gasteiger partial charge in [-0.1, -0.05) is 60.1 Å². The average Bonchev–Trinajstić information content (AvgIpc) is 2.41. The van der Waals surface area contributed by atoms with Crippen LogP contribution in [0.3, 0.4) is 0 Å². The maximum Gasteiger partial charge on any atom is 0.137 e. The summed E-state index contributed by atoms with van der Waals surface area (Å²) in [4.78, 5) is 0.0746. The molecule has 1 unspecified atom stereocenters. The van der Waals surface area contributed by atoms with E-state index in [2.05, 4.69) is 70.0 Å². The van der Waals surface area contributed by atoms with E-state index in [9.17, 15) is 4.39 Å². The van der Waals surface area contributed by atoms with Crippen molar-refractivity contribution in [3.8, 4) is 0 Å². The Morgan fingerprint density at radius 2 is 1.42 bits per heavy atom. The van der Waals surface area contributed by atoms with Gasteiger partial charge in [-0.25, -0.2) is 4.39 Å². The number of rotatable bonds is 3. The average molecular weight is 386 g/mol. The first-order valence-corrected chi connectivity index (χ1v) is 7.88. The molecule has 0 amide bonds. The van der Waals surface area contributed by atoms with Crippen LogP contribution in [0.1, 0.15) is 41.3 Å². The predicted octanol–water partition coefficient (Wildman–Crippen LogP) is 6.20. The molecule has 0 radical (unpaired) electrons. The third-order valence-corrected chi connectivity index (χ3v) is 4.80. The molecule has 0 nitrogen and oxygen atoms in total. The van der Waals surface area contributed by atoms with E-state index >= 15 is 0 Å². The lowest BCUT2D eigenvalue weighted by Gasteiger charge is -2.13. The summed E-state index contributed by atoms with van der Waals surface area (Å²) in [5.74, 6) is 0.293. The van der Waals surface area contributed by atoms with Gasteiger partial charge in [0.1, 0.15) is 5.82 Å². The molecule has 2 aromatic carbocycles. The lowest BCUT2D eigenvalue weighted by molar-refractivity contribution is 0.620. The second-order valence-electron chi connectivity index (χ2n) is 4.86. The molecular weight excluding hydrogens is 371 g/mol. The topological polar surface area (TPSA) is 0 Å². The Balaban J connectivity index is 2.27. The molecule has 0 saturated carbocycles. The highest BCUT2D eigenvalue weighted by atomic mass is 79.9. The van der Waals surface area contributed by atoms with Crippen LogP contribution in [-0.2, 0) is 0 Å². The minimum absolute atomic E-state index is 0.0746. The quantitative estimate of drug-likeness (QED) is 0.552. The SMILES string of the molecule is CC(C)c1ccc(C(Br)c2ccc(F)c(Br)c2)cc1. The zero-order valence-electron chi connectivity index (χ0n) is 10.8. The van der Waals surface area contributed by atoms with Crippen LogP contribution in [0.2, 0.25) is 0 Å². The summed E-state index contributed by atoms with van der Waals surface area (Å²) < 4.78 is 13.7. The van der Waals surface area contributed by atoms with Gasteiger partial charge in [0.15, 0.2) is 0 Å². The van der Waals surface area contributed by atoms with Gasteiger partial charge in [-0.05, 0) is 50.7 Å². The molecule has 0 heterocycles. The lowest BCUT2D eigenvalue weighted by Crippen LogP contribution is -1.95. The molecule has 1 atom stereocenters. The lowest BCUT2D eigenvalue weighted by atomic mass is 9.99. The van der Waals surface area contributed by atoms with Crippen molar-refractivity contribution in [1.29, 1.82) is 0 Å². The largest absolute Gasteiger partial charge is 0.206 e. The van der Waals surface area contributed by atoms with Crippen LogP contribution in [0, 0.1) is 5.82 Å².